The molecule has 0 aliphatic carbocycles. The van der Waals surface area contributed by atoms with Crippen molar-refractivity contribution in [2.24, 2.45) is 5.92 Å². The van der Waals surface area contributed by atoms with Crippen LogP contribution in [0.3, 0.4) is 0 Å². The van der Waals surface area contributed by atoms with E-state index in [4.69, 9.17) is 0 Å². The number of nitrogens with one attached hydrogen (secondary N) is 1. The number of hydrogen-bond donors (Lipinski definition) is 1. The van der Waals surface area contributed by atoms with Gasteiger partial charge >= 0.3 is 0 Å². The van der Waals surface area contributed by atoms with Crippen molar-refractivity contribution in [2.45, 2.75) is 57.8 Å². The largest absolute Gasteiger partial charge is 0.354 e. The second-order valence-corrected chi connectivity index (χ2v) is 9.24. The van der Waals surface area contributed by atoms with Crippen LogP contribution in [0.1, 0.15) is 63.4 Å². The summed E-state index contributed by atoms with van der Waals surface area (Å²) in [7, 11) is 0. The van der Waals surface area contributed by atoms with Gasteiger partial charge in [-0.05, 0) is 61.4 Å². The zero-order chi connectivity index (χ0) is 23.0. The number of carbonyl (C=O) groups is 2. The third-order valence-corrected chi connectivity index (χ3v) is 6.93. The molecule has 2 saturated heterocycles. The first-order valence-corrected chi connectivity index (χ1v) is 12.3. The van der Waals surface area contributed by atoms with Crippen molar-refractivity contribution in [1.29, 1.82) is 0 Å². The first-order valence-electron chi connectivity index (χ1n) is 12.3. The molecule has 33 heavy (non-hydrogen) atoms. The number of hydrogen-bond acceptors (Lipinski definition) is 5. The SMILES string of the molecule is CCCCCC(=O)N1CCC(c2ccc(NC(=O)C3CCN(c4cccnn4)C3)cc2)CC1. The second-order valence-electron chi connectivity index (χ2n) is 9.24. The third-order valence-electron chi connectivity index (χ3n) is 6.93. The number of rotatable bonds is 8. The number of benzene rings is 1. The van der Waals surface area contributed by atoms with Crippen LogP contribution < -0.4 is 10.2 Å². The number of nitrogens with zero attached hydrogens (tertiary/aromatic N) is 4. The van der Waals surface area contributed by atoms with Crippen molar-refractivity contribution in [1.82, 2.24) is 15.1 Å². The minimum Gasteiger partial charge on any atom is -0.354 e. The average molecular weight is 450 g/mol. The zero-order valence-electron chi connectivity index (χ0n) is 19.6. The predicted octanol–water partition coefficient (Wildman–Crippen LogP) is 4.23. The van der Waals surface area contributed by atoms with Gasteiger partial charge in [-0.3, -0.25) is 9.59 Å². The molecular formula is C26H35N5O2. The van der Waals surface area contributed by atoms with E-state index in [0.29, 0.717) is 24.8 Å². The van der Waals surface area contributed by atoms with Crippen LogP contribution >= 0.6 is 0 Å². The van der Waals surface area contributed by atoms with Crippen molar-refractivity contribution >= 4 is 23.3 Å². The van der Waals surface area contributed by atoms with Crippen LogP contribution in [0.2, 0.25) is 0 Å². The zero-order valence-corrected chi connectivity index (χ0v) is 19.6. The lowest BCUT2D eigenvalue weighted by Crippen LogP contribution is -2.37. The third kappa shape index (κ3) is 6.09. The van der Waals surface area contributed by atoms with Gasteiger partial charge in [0.1, 0.15) is 0 Å². The topological polar surface area (TPSA) is 78.4 Å². The normalized spacial score (nSPS) is 19.0. The van der Waals surface area contributed by atoms with Crippen LogP contribution in [-0.2, 0) is 9.59 Å². The maximum absolute atomic E-state index is 12.8. The molecule has 1 aromatic heterocycles. The Morgan fingerprint density at radius 1 is 1.03 bits per heavy atom. The molecule has 2 amide bonds. The molecule has 176 valence electrons. The molecule has 0 radical (unpaired) electrons. The van der Waals surface area contributed by atoms with E-state index in [2.05, 4.69) is 39.5 Å². The molecule has 2 aromatic rings. The van der Waals surface area contributed by atoms with Gasteiger partial charge in [-0.1, -0.05) is 31.9 Å². The second kappa shape index (κ2) is 11.3. The van der Waals surface area contributed by atoms with Gasteiger partial charge in [0.15, 0.2) is 5.82 Å². The fourth-order valence-electron chi connectivity index (χ4n) is 4.87. The minimum atomic E-state index is -0.0501. The van der Waals surface area contributed by atoms with E-state index in [1.54, 1.807) is 6.20 Å². The summed E-state index contributed by atoms with van der Waals surface area (Å²) < 4.78 is 0. The fraction of sp³-hybridized carbons (Fsp3) is 0.538. The molecule has 7 nitrogen and oxygen atoms in total. The van der Waals surface area contributed by atoms with Crippen LogP contribution in [0.25, 0.3) is 0 Å². The number of aromatic nitrogens is 2. The molecule has 2 aliphatic heterocycles. The van der Waals surface area contributed by atoms with Gasteiger partial charge in [0.2, 0.25) is 11.8 Å². The van der Waals surface area contributed by atoms with Crippen LogP contribution in [0, 0.1) is 5.92 Å². The summed E-state index contributed by atoms with van der Waals surface area (Å²) in [4.78, 5) is 29.3. The Bertz CT molecular complexity index is 910. The molecule has 0 spiro atoms. The van der Waals surface area contributed by atoms with Crippen molar-refractivity contribution in [3.05, 3.63) is 48.2 Å². The van der Waals surface area contributed by atoms with E-state index < -0.39 is 0 Å². The van der Waals surface area contributed by atoms with Gasteiger partial charge in [-0.2, -0.15) is 5.10 Å². The standard InChI is InChI=1S/C26H35N5O2/c1-2-3-4-7-25(32)30-16-12-21(13-17-30)20-8-10-23(11-9-20)28-26(33)22-14-18-31(19-22)24-6-5-15-27-29-24/h5-6,8-11,15,21-22H,2-4,7,12-14,16-19H2,1H3,(H,28,33). The Balaban J connectivity index is 1.24. The highest BCUT2D eigenvalue weighted by atomic mass is 16.2. The summed E-state index contributed by atoms with van der Waals surface area (Å²) in [6, 6.07) is 12.1. The quantitative estimate of drug-likeness (QED) is 0.610. The number of likely N-dealkylation sites (tertiary alicyclic amines) is 1. The van der Waals surface area contributed by atoms with E-state index in [1.165, 1.54) is 5.56 Å². The van der Waals surface area contributed by atoms with Crippen LogP contribution in [-0.4, -0.2) is 53.1 Å². The van der Waals surface area contributed by atoms with Gasteiger partial charge in [-0.15, -0.1) is 5.10 Å². The molecule has 0 saturated carbocycles. The van der Waals surface area contributed by atoms with Crippen molar-refractivity contribution in [3.63, 3.8) is 0 Å². The fourth-order valence-corrected chi connectivity index (χ4v) is 4.87. The monoisotopic (exact) mass is 449 g/mol. The summed E-state index contributed by atoms with van der Waals surface area (Å²) >= 11 is 0. The highest BCUT2D eigenvalue weighted by molar-refractivity contribution is 5.93. The number of piperidine rings is 1. The Hall–Kier alpha value is -2.96. The van der Waals surface area contributed by atoms with E-state index >= 15 is 0 Å². The maximum Gasteiger partial charge on any atom is 0.229 e. The average Bonchev–Trinajstić information content (AvgIpc) is 3.36. The highest BCUT2D eigenvalue weighted by Crippen LogP contribution is 2.30. The number of unbranched alkanes of at least 4 members (excludes halogenated alkanes) is 2. The molecule has 1 atom stereocenters. The molecule has 7 heteroatoms. The lowest BCUT2D eigenvalue weighted by molar-refractivity contribution is -0.132. The molecular weight excluding hydrogens is 414 g/mol. The van der Waals surface area contributed by atoms with Gasteiger partial charge in [-0.25, -0.2) is 0 Å². The molecule has 2 fully saturated rings. The summed E-state index contributed by atoms with van der Waals surface area (Å²) in [5.41, 5.74) is 2.13. The number of anilines is 2. The molecule has 3 heterocycles. The molecule has 1 aromatic carbocycles. The van der Waals surface area contributed by atoms with E-state index in [9.17, 15) is 9.59 Å². The Morgan fingerprint density at radius 2 is 1.82 bits per heavy atom. The molecule has 2 aliphatic rings. The predicted molar refractivity (Wildman–Crippen MR) is 130 cm³/mol. The summed E-state index contributed by atoms with van der Waals surface area (Å²) in [5.74, 6) is 1.62. The summed E-state index contributed by atoms with van der Waals surface area (Å²) in [5, 5.41) is 11.2. The van der Waals surface area contributed by atoms with Crippen molar-refractivity contribution < 1.29 is 9.59 Å². The van der Waals surface area contributed by atoms with Crippen LogP contribution in [0.4, 0.5) is 11.5 Å². The van der Waals surface area contributed by atoms with E-state index in [-0.39, 0.29) is 11.8 Å². The number of carbonyl (C=O) groups excluding carboxylic acids is 2. The van der Waals surface area contributed by atoms with Crippen LogP contribution in [0.15, 0.2) is 42.6 Å². The van der Waals surface area contributed by atoms with Gasteiger partial charge < -0.3 is 15.1 Å². The first kappa shape index (κ1) is 23.2. The van der Waals surface area contributed by atoms with Gasteiger partial charge in [0.25, 0.3) is 0 Å². The first-order chi connectivity index (χ1) is 16.1. The number of amides is 2. The van der Waals surface area contributed by atoms with Crippen molar-refractivity contribution in [2.75, 3.05) is 36.4 Å². The van der Waals surface area contributed by atoms with Crippen molar-refractivity contribution in [3.8, 4) is 0 Å². The summed E-state index contributed by atoms with van der Waals surface area (Å²) in [6.07, 6.45) is 8.45. The van der Waals surface area contributed by atoms with Gasteiger partial charge in [0, 0.05) is 44.5 Å². The Morgan fingerprint density at radius 3 is 2.52 bits per heavy atom. The highest BCUT2D eigenvalue weighted by Gasteiger charge is 2.29. The van der Waals surface area contributed by atoms with Crippen LogP contribution in [0.5, 0.6) is 0 Å². The Kier molecular flexibility index (Phi) is 7.92. The maximum atomic E-state index is 12.8. The summed E-state index contributed by atoms with van der Waals surface area (Å²) in [6.45, 7) is 5.33. The minimum absolute atomic E-state index is 0.0501. The molecule has 1 unspecified atom stereocenters. The Labute approximate surface area is 196 Å². The molecule has 4 rings (SSSR count). The lowest BCUT2D eigenvalue weighted by Gasteiger charge is -2.32. The van der Waals surface area contributed by atoms with E-state index in [1.807, 2.05) is 29.2 Å². The molecule has 1 N–H and O–H groups in total. The van der Waals surface area contributed by atoms with Gasteiger partial charge in [0.05, 0.1) is 5.92 Å². The lowest BCUT2D eigenvalue weighted by atomic mass is 9.89. The smallest absolute Gasteiger partial charge is 0.229 e. The molecule has 0 bridgehead atoms. The van der Waals surface area contributed by atoms with E-state index in [0.717, 1.165) is 69.7 Å².